The van der Waals surface area contributed by atoms with Gasteiger partial charge >= 0.3 is 0 Å². The number of nitrogens with one attached hydrogen (secondary N) is 1. The van der Waals surface area contributed by atoms with E-state index < -0.39 is 0 Å². The second kappa shape index (κ2) is 7.34. The number of rotatable bonds is 3. The summed E-state index contributed by atoms with van der Waals surface area (Å²) < 4.78 is 0. The molecule has 1 aromatic carbocycles. The minimum Gasteiger partial charge on any atom is -0.339 e. The third-order valence-corrected chi connectivity index (χ3v) is 5.21. The average molecular weight is 329 g/mol. The van der Waals surface area contributed by atoms with Crippen LogP contribution in [-0.4, -0.2) is 35.8 Å². The van der Waals surface area contributed by atoms with Crippen LogP contribution in [0.15, 0.2) is 18.2 Å². The number of benzene rings is 1. The van der Waals surface area contributed by atoms with Gasteiger partial charge in [0, 0.05) is 36.3 Å². The number of carbonyl (C=O) groups is 2. The van der Waals surface area contributed by atoms with Gasteiger partial charge in [0.1, 0.15) is 0 Å². The molecule has 0 radical (unpaired) electrons. The van der Waals surface area contributed by atoms with E-state index in [1.807, 2.05) is 30.0 Å². The third-order valence-electron chi connectivity index (χ3n) is 5.21. The number of hydrogen-bond donors (Lipinski definition) is 2. The van der Waals surface area contributed by atoms with Crippen LogP contribution in [0.1, 0.15) is 54.4 Å². The Kier molecular flexibility index (Phi) is 5.19. The number of nitrogens with two attached hydrogens (primary N) is 1. The lowest BCUT2D eigenvalue weighted by molar-refractivity contribution is -0.120. The van der Waals surface area contributed by atoms with Crippen molar-refractivity contribution in [3.05, 3.63) is 29.3 Å². The first kappa shape index (κ1) is 17.0. The van der Waals surface area contributed by atoms with Crippen molar-refractivity contribution in [1.82, 2.24) is 4.90 Å². The van der Waals surface area contributed by atoms with Crippen LogP contribution in [0.3, 0.4) is 0 Å². The van der Waals surface area contributed by atoms with Gasteiger partial charge in [0.05, 0.1) is 0 Å². The maximum Gasteiger partial charge on any atom is 0.253 e. The second-order valence-electron chi connectivity index (χ2n) is 7.14. The van der Waals surface area contributed by atoms with Crippen LogP contribution in [0.4, 0.5) is 5.69 Å². The molecule has 1 aliphatic heterocycles. The molecule has 1 saturated heterocycles. The van der Waals surface area contributed by atoms with Crippen molar-refractivity contribution in [1.29, 1.82) is 0 Å². The number of nitrogens with zero attached hydrogens (tertiary/aromatic N) is 1. The Labute approximate surface area is 143 Å². The Morgan fingerprint density at radius 2 is 1.92 bits per heavy atom. The predicted molar refractivity (Wildman–Crippen MR) is 94.9 cm³/mol. The Balaban J connectivity index is 1.66. The Morgan fingerprint density at radius 3 is 2.58 bits per heavy atom. The van der Waals surface area contributed by atoms with E-state index in [9.17, 15) is 9.59 Å². The summed E-state index contributed by atoms with van der Waals surface area (Å²) in [6, 6.07) is 5.67. The lowest BCUT2D eigenvalue weighted by atomic mass is 9.85. The van der Waals surface area contributed by atoms with Gasteiger partial charge in [-0.2, -0.15) is 0 Å². The Hall–Kier alpha value is -1.88. The van der Waals surface area contributed by atoms with E-state index in [1.165, 1.54) is 0 Å². The van der Waals surface area contributed by atoms with Gasteiger partial charge < -0.3 is 16.0 Å². The van der Waals surface area contributed by atoms with Crippen LogP contribution in [0, 0.1) is 12.8 Å². The van der Waals surface area contributed by atoms with Crippen LogP contribution in [0.5, 0.6) is 0 Å². The molecule has 2 amide bonds. The van der Waals surface area contributed by atoms with Crippen molar-refractivity contribution in [2.75, 3.05) is 18.4 Å². The zero-order valence-corrected chi connectivity index (χ0v) is 14.4. The quantitative estimate of drug-likeness (QED) is 0.895. The maximum absolute atomic E-state index is 12.5. The molecule has 2 atom stereocenters. The molecule has 5 nitrogen and oxygen atoms in total. The molecule has 130 valence electrons. The third kappa shape index (κ3) is 3.78. The summed E-state index contributed by atoms with van der Waals surface area (Å²) in [4.78, 5) is 26.8. The number of carbonyl (C=O) groups excluding carboxylic acids is 2. The zero-order chi connectivity index (χ0) is 17.1. The minimum absolute atomic E-state index is 0.000872. The van der Waals surface area contributed by atoms with Crippen molar-refractivity contribution in [2.24, 2.45) is 11.7 Å². The fraction of sp³-hybridized carbons (Fsp3) is 0.579. The van der Waals surface area contributed by atoms with Crippen LogP contribution >= 0.6 is 0 Å². The molecule has 1 saturated carbocycles. The van der Waals surface area contributed by atoms with Gasteiger partial charge in [-0.25, -0.2) is 0 Å². The molecule has 2 unspecified atom stereocenters. The summed E-state index contributed by atoms with van der Waals surface area (Å²) in [6.45, 7) is 3.62. The van der Waals surface area contributed by atoms with Crippen LogP contribution in [0.2, 0.25) is 0 Å². The summed E-state index contributed by atoms with van der Waals surface area (Å²) in [5.74, 6) is 0.137. The highest BCUT2D eigenvalue weighted by atomic mass is 16.2. The summed E-state index contributed by atoms with van der Waals surface area (Å²) in [5, 5.41) is 3.02. The predicted octanol–water partition coefficient (Wildman–Crippen LogP) is 2.69. The van der Waals surface area contributed by atoms with Gasteiger partial charge in [0.15, 0.2) is 0 Å². The fourth-order valence-electron chi connectivity index (χ4n) is 3.74. The van der Waals surface area contributed by atoms with E-state index in [0.717, 1.165) is 62.9 Å². The molecule has 24 heavy (non-hydrogen) atoms. The van der Waals surface area contributed by atoms with Crippen LogP contribution in [-0.2, 0) is 4.79 Å². The molecular weight excluding hydrogens is 302 g/mol. The molecule has 5 heteroatoms. The number of hydrogen-bond acceptors (Lipinski definition) is 3. The van der Waals surface area contributed by atoms with Crippen LogP contribution in [0.25, 0.3) is 0 Å². The highest BCUT2D eigenvalue weighted by molar-refractivity contribution is 5.97. The molecule has 3 N–H and O–H groups in total. The van der Waals surface area contributed by atoms with Gasteiger partial charge in [0.2, 0.25) is 5.91 Å². The first-order valence-electron chi connectivity index (χ1n) is 9.01. The first-order valence-corrected chi connectivity index (χ1v) is 9.01. The molecule has 1 aliphatic carbocycles. The van der Waals surface area contributed by atoms with Crippen LogP contribution < -0.4 is 11.1 Å². The van der Waals surface area contributed by atoms with Crippen molar-refractivity contribution in [3.63, 3.8) is 0 Å². The first-order chi connectivity index (χ1) is 11.5. The highest BCUT2D eigenvalue weighted by Crippen LogP contribution is 2.26. The lowest BCUT2D eigenvalue weighted by Gasteiger charge is -2.26. The number of likely N-dealkylation sites (tertiary alicyclic amines) is 1. The van der Waals surface area contributed by atoms with Crippen molar-refractivity contribution < 1.29 is 9.59 Å². The zero-order valence-electron chi connectivity index (χ0n) is 14.4. The molecular formula is C19H27N3O2. The monoisotopic (exact) mass is 329 g/mol. The van der Waals surface area contributed by atoms with Gasteiger partial charge in [0.25, 0.3) is 5.91 Å². The van der Waals surface area contributed by atoms with Gasteiger partial charge in [-0.05, 0) is 62.8 Å². The fourth-order valence-corrected chi connectivity index (χ4v) is 3.74. The van der Waals surface area contributed by atoms with E-state index in [-0.39, 0.29) is 23.8 Å². The highest BCUT2D eigenvalue weighted by Gasteiger charge is 2.26. The average Bonchev–Trinajstić information content (AvgIpc) is 3.10. The van der Waals surface area contributed by atoms with Gasteiger partial charge in [-0.3, -0.25) is 9.59 Å². The molecule has 0 bridgehead atoms. The SMILES string of the molecule is Cc1cc(C(=O)N2CCCC2)ccc1NC(=O)C1CCCC(N)C1. The van der Waals surface area contributed by atoms with Crippen molar-refractivity contribution in [3.8, 4) is 0 Å². The van der Waals surface area contributed by atoms with Crippen molar-refractivity contribution >= 4 is 17.5 Å². The van der Waals surface area contributed by atoms with E-state index in [0.29, 0.717) is 5.56 Å². The molecule has 2 aliphatic rings. The van der Waals surface area contributed by atoms with Gasteiger partial charge in [-0.15, -0.1) is 0 Å². The number of amides is 2. The van der Waals surface area contributed by atoms with E-state index >= 15 is 0 Å². The summed E-state index contributed by atoms with van der Waals surface area (Å²) in [5.41, 5.74) is 8.39. The maximum atomic E-state index is 12.5. The normalized spacial score (nSPS) is 24.0. The molecule has 0 aromatic heterocycles. The number of aryl methyl sites for hydroxylation is 1. The topological polar surface area (TPSA) is 75.4 Å². The molecule has 2 fully saturated rings. The minimum atomic E-state index is -0.000872. The van der Waals surface area contributed by atoms with E-state index in [2.05, 4.69) is 5.32 Å². The second-order valence-corrected chi connectivity index (χ2v) is 7.14. The van der Waals surface area contributed by atoms with E-state index in [4.69, 9.17) is 5.73 Å². The molecule has 1 heterocycles. The Morgan fingerprint density at radius 1 is 1.17 bits per heavy atom. The standard InChI is InChI=1S/C19H27N3O2/c1-13-11-15(19(24)22-9-2-3-10-22)7-8-17(13)21-18(23)14-5-4-6-16(20)12-14/h7-8,11,14,16H,2-6,9-10,12,20H2,1H3,(H,21,23). The summed E-state index contributed by atoms with van der Waals surface area (Å²) in [6.07, 6.45) is 5.86. The molecule has 3 rings (SSSR count). The summed E-state index contributed by atoms with van der Waals surface area (Å²) in [7, 11) is 0. The lowest BCUT2D eigenvalue weighted by Crippen LogP contribution is -2.34. The summed E-state index contributed by atoms with van der Waals surface area (Å²) >= 11 is 0. The smallest absolute Gasteiger partial charge is 0.253 e. The largest absolute Gasteiger partial charge is 0.339 e. The van der Waals surface area contributed by atoms with E-state index in [1.54, 1.807) is 0 Å². The molecule has 0 spiro atoms. The Bertz CT molecular complexity index is 623. The van der Waals surface area contributed by atoms with Gasteiger partial charge in [-0.1, -0.05) is 6.42 Å². The van der Waals surface area contributed by atoms with Crippen molar-refractivity contribution in [2.45, 2.75) is 51.5 Å². The number of anilines is 1. The molecule has 1 aromatic rings.